The number of rotatable bonds is 7. The molecule has 1 aromatic heterocycles. The van der Waals surface area contributed by atoms with Crippen molar-refractivity contribution in [2.24, 2.45) is 5.92 Å². The summed E-state index contributed by atoms with van der Waals surface area (Å²) in [5, 5.41) is 14.2. The lowest BCUT2D eigenvalue weighted by Gasteiger charge is -2.22. The number of ether oxygens (including phenoxy) is 1. The third-order valence-corrected chi connectivity index (χ3v) is 4.65. The van der Waals surface area contributed by atoms with Gasteiger partial charge in [-0.3, -0.25) is 4.79 Å². The van der Waals surface area contributed by atoms with Crippen LogP contribution in [0.1, 0.15) is 35.4 Å². The first-order valence-corrected chi connectivity index (χ1v) is 9.01. The van der Waals surface area contributed by atoms with E-state index in [1.807, 2.05) is 0 Å². The summed E-state index contributed by atoms with van der Waals surface area (Å²) in [4.78, 5) is 12.4. The number of hydrogen-bond donors (Lipinski definition) is 2. The molecular formula is C18H24ClF2N5O2. The molecule has 7 nitrogen and oxygen atoms in total. The number of carbonyl (C=O) groups excluding carboxylic acids is 1. The van der Waals surface area contributed by atoms with Gasteiger partial charge in [-0.25, -0.2) is 4.68 Å². The first kappa shape index (κ1) is 22.0. The molecule has 1 saturated heterocycles. The standard InChI is InChI=1S/C18H23F2N5O2.ClH/c1-12-16(17(26)22-10-8-13-3-2-9-21-11-13)23-24-25(12)14-4-6-15(7-5-14)27-18(19)20;/h4-7,13,18,21H,2-3,8-11H2,1H3,(H,22,26);1H. The molecule has 1 amide bonds. The Bertz CT molecular complexity index is 764. The van der Waals surface area contributed by atoms with Crippen LogP contribution in [0.4, 0.5) is 8.78 Å². The van der Waals surface area contributed by atoms with Gasteiger partial charge in [-0.1, -0.05) is 5.21 Å². The fraction of sp³-hybridized carbons (Fsp3) is 0.500. The van der Waals surface area contributed by atoms with Gasteiger partial charge in [-0.2, -0.15) is 8.78 Å². The highest BCUT2D eigenvalue weighted by molar-refractivity contribution is 5.93. The molecule has 1 atom stereocenters. The number of nitrogens with one attached hydrogen (secondary N) is 2. The number of alkyl halides is 2. The summed E-state index contributed by atoms with van der Waals surface area (Å²) in [6, 6.07) is 6.00. The van der Waals surface area contributed by atoms with Crippen LogP contribution < -0.4 is 15.4 Å². The predicted molar refractivity (Wildman–Crippen MR) is 103 cm³/mol. The number of nitrogens with zero attached hydrogens (tertiary/aromatic N) is 3. The van der Waals surface area contributed by atoms with E-state index in [9.17, 15) is 13.6 Å². The Morgan fingerprint density at radius 2 is 2.14 bits per heavy atom. The van der Waals surface area contributed by atoms with Crippen molar-refractivity contribution in [2.45, 2.75) is 32.8 Å². The zero-order valence-electron chi connectivity index (χ0n) is 15.5. The molecule has 2 aromatic rings. The molecule has 0 spiro atoms. The van der Waals surface area contributed by atoms with Crippen molar-refractivity contribution in [1.29, 1.82) is 0 Å². The molecule has 28 heavy (non-hydrogen) atoms. The van der Waals surface area contributed by atoms with E-state index in [1.165, 1.54) is 29.7 Å². The van der Waals surface area contributed by atoms with Crippen LogP contribution in [0.5, 0.6) is 5.75 Å². The van der Waals surface area contributed by atoms with Gasteiger partial charge in [-0.05, 0) is 69.5 Å². The van der Waals surface area contributed by atoms with Gasteiger partial charge in [-0.15, -0.1) is 17.5 Å². The van der Waals surface area contributed by atoms with E-state index < -0.39 is 6.61 Å². The molecule has 0 saturated carbocycles. The highest BCUT2D eigenvalue weighted by Crippen LogP contribution is 2.19. The quantitative estimate of drug-likeness (QED) is 0.726. The number of halogens is 3. The number of benzene rings is 1. The summed E-state index contributed by atoms with van der Waals surface area (Å²) >= 11 is 0. The monoisotopic (exact) mass is 415 g/mol. The Kier molecular flexibility index (Phi) is 8.13. The molecular weight excluding hydrogens is 392 g/mol. The lowest BCUT2D eigenvalue weighted by Crippen LogP contribution is -2.33. The summed E-state index contributed by atoms with van der Waals surface area (Å²) in [7, 11) is 0. The van der Waals surface area contributed by atoms with E-state index in [0.717, 1.165) is 19.5 Å². The van der Waals surface area contributed by atoms with Crippen LogP contribution in [0.3, 0.4) is 0 Å². The zero-order chi connectivity index (χ0) is 19.2. The largest absolute Gasteiger partial charge is 0.435 e. The lowest BCUT2D eigenvalue weighted by atomic mass is 9.96. The highest BCUT2D eigenvalue weighted by atomic mass is 35.5. The van der Waals surface area contributed by atoms with E-state index in [-0.39, 0.29) is 29.8 Å². The molecule has 154 valence electrons. The van der Waals surface area contributed by atoms with E-state index in [0.29, 0.717) is 23.8 Å². The molecule has 0 radical (unpaired) electrons. The molecule has 1 fully saturated rings. The van der Waals surface area contributed by atoms with Crippen LogP contribution in [0, 0.1) is 12.8 Å². The van der Waals surface area contributed by atoms with E-state index in [1.54, 1.807) is 19.1 Å². The molecule has 2 heterocycles. The first-order chi connectivity index (χ1) is 13.0. The number of amides is 1. The van der Waals surface area contributed by atoms with Crippen molar-refractivity contribution < 1.29 is 18.3 Å². The van der Waals surface area contributed by atoms with Gasteiger partial charge in [0.05, 0.1) is 11.4 Å². The second-order valence-corrected chi connectivity index (χ2v) is 6.56. The van der Waals surface area contributed by atoms with Crippen molar-refractivity contribution in [1.82, 2.24) is 25.6 Å². The summed E-state index contributed by atoms with van der Waals surface area (Å²) < 4.78 is 30.3. The normalized spacial score (nSPS) is 16.5. The fourth-order valence-electron chi connectivity index (χ4n) is 3.20. The van der Waals surface area contributed by atoms with Crippen LogP contribution in [0.25, 0.3) is 5.69 Å². The summed E-state index contributed by atoms with van der Waals surface area (Å²) in [6.45, 7) is 1.53. The summed E-state index contributed by atoms with van der Waals surface area (Å²) in [6.07, 6.45) is 3.29. The molecule has 10 heteroatoms. The minimum atomic E-state index is -2.87. The van der Waals surface area contributed by atoms with Crippen LogP contribution >= 0.6 is 12.4 Å². The third kappa shape index (κ3) is 5.62. The maximum atomic E-state index is 12.4. The van der Waals surface area contributed by atoms with E-state index in [2.05, 4.69) is 25.7 Å². The van der Waals surface area contributed by atoms with Crippen LogP contribution in [0.2, 0.25) is 0 Å². The van der Waals surface area contributed by atoms with Gasteiger partial charge >= 0.3 is 6.61 Å². The number of piperidine rings is 1. The Hall–Kier alpha value is -2.26. The van der Waals surface area contributed by atoms with E-state index in [4.69, 9.17) is 0 Å². The van der Waals surface area contributed by atoms with Gasteiger partial charge in [0.2, 0.25) is 0 Å². The van der Waals surface area contributed by atoms with Crippen molar-refractivity contribution in [3.8, 4) is 11.4 Å². The van der Waals surface area contributed by atoms with Gasteiger partial charge in [0.15, 0.2) is 5.69 Å². The average molecular weight is 416 g/mol. The molecule has 1 aliphatic heterocycles. The molecule has 2 N–H and O–H groups in total. The smallest absolute Gasteiger partial charge is 0.387 e. The molecule has 1 aromatic carbocycles. The number of hydrogen-bond acceptors (Lipinski definition) is 5. The molecule has 1 aliphatic rings. The average Bonchev–Trinajstić information content (AvgIpc) is 3.04. The molecule has 0 aliphatic carbocycles. The highest BCUT2D eigenvalue weighted by Gasteiger charge is 2.18. The predicted octanol–water partition coefficient (Wildman–Crippen LogP) is 2.72. The SMILES string of the molecule is Cc1c(C(=O)NCCC2CCCNC2)nnn1-c1ccc(OC(F)F)cc1.Cl. The Balaban J connectivity index is 0.00000280. The van der Waals surface area contributed by atoms with E-state index >= 15 is 0 Å². The minimum Gasteiger partial charge on any atom is -0.435 e. The molecule has 1 unspecified atom stereocenters. The van der Waals surface area contributed by atoms with Gasteiger partial charge in [0.1, 0.15) is 5.75 Å². The molecule has 3 rings (SSSR count). The van der Waals surface area contributed by atoms with Crippen molar-refractivity contribution >= 4 is 18.3 Å². The van der Waals surface area contributed by atoms with Crippen molar-refractivity contribution in [2.75, 3.05) is 19.6 Å². The van der Waals surface area contributed by atoms with Gasteiger partial charge < -0.3 is 15.4 Å². The lowest BCUT2D eigenvalue weighted by molar-refractivity contribution is -0.0498. The Morgan fingerprint density at radius 3 is 2.79 bits per heavy atom. The van der Waals surface area contributed by atoms with Crippen LogP contribution in [0.15, 0.2) is 24.3 Å². The third-order valence-electron chi connectivity index (χ3n) is 4.65. The Morgan fingerprint density at radius 1 is 1.39 bits per heavy atom. The Labute approximate surface area is 168 Å². The second-order valence-electron chi connectivity index (χ2n) is 6.56. The van der Waals surface area contributed by atoms with Crippen molar-refractivity contribution in [3.63, 3.8) is 0 Å². The minimum absolute atomic E-state index is 0. The van der Waals surface area contributed by atoms with Crippen molar-refractivity contribution in [3.05, 3.63) is 35.7 Å². The summed E-state index contributed by atoms with van der Waals surface area (Å²) in [5.74, 6) is 0.381. The number of carbonyl (C=O) groups is 1. The fourth-order valence-corrected chi connectivity index (χ4v) is 3.20. The van der Waals surface area contributed by atoms with Crippen LogP contribution in [-0.2, 0) is 0 Å². The maximum Gasteiger partial charge on any atom is 0.387 e. The molecule has 0 bridgehead atoms. The number of aromatic nitrogens is 3. The first-order valence-electron chi connectivity index (χ1n) is 9.01. The maximum absolute atomic E-state index is 12.4. The van der Waals surface area contributed by atoms with Gasteiger partial charge in [0.25, 0.3) is 5.91 Å². The van der Waals surface area contributed by atoms with Crippen LogP contribution in [-0.4, -0.2) is 47.1 Å². The van der Waals surface area contributed by atoms with Gasteiger partial charge in [0, 0.05) is 6.54 Å². The topological polar surface area (TPSA) is 81.1 Å². The zero-order valence-corrected chi connectivity index (χ0v) is 16.3. The second kappa shape index (κ2) is 10.3. The summed E-state index contributed by atoms with van der Waals surface area (Å²) in [5.41, 5.74) is 1.44.